The SMILES string of the molecule is Cc1cccc(-n2nc(C(=O)O)nc2C(C)C)c1C#N. The highest BCUT2D eigenvalue weighted by Gasteiger charge is 2.20. The molecule has 0 amide bonds. The van der Waals surface area contributed by atoms with Crippen molar-refractivity contribution in [3.63, 3.8) is 0 Å². The van der Waals surface area contributed by atoms with Crippen LogP contribution < -0.4 is 0 Å². The molecule has 2 aromatic rings. The number of carboxylic acids is 1. The van der Waals surface area contributed by atoms with Gasteiger partial charge in [-0.05, 0) is 18.6 Å². The lowest BCUT2D eigenvalue weighted by molar-refractivity contribution is 0.0683. The number of aryl methyl sites for hydroxylation is 1. The third kappa shape index (κ3) is 2.26. The van der Waals surface area contributed by atoms with Gasteiger partial charge in [0.05, 0.1) is 11.3 Å². The average molecular weight is 270 g/mol. The smallest absolute Gasteiger partial charge is 0.375 e. The van der Waals surface area contributed by atoms with E-state index in [9.17, 15) is 10.1 Å². The van der Waals surface area contributed by atoms with Gasteiger partial charge in [0, 0.05) is 5.92 Å². The van der Waals surface area contributed by atoms with Crippen LogP contribution >= 0.6 is 0 Å². The molecule has 0 atom stereocenters. The summed E-state index contributed by atoms with van der Waals surface area (Å²) in [5.74, 6) is -0.942. The highest BCUT2D eigenvalue weighted by atomic mass is 16.4. The maximum atomic E-state index is 11.0. The molecule has 2 rings (SSSR count). The first-order valence-electron chi connectivity index (χ1n) is 6.16. The Morgan fingerprint density at radius 1 is 1.45 bits per heavy atom. The van der Waals surface area contributed by atoms with E-state index < -0.39 is 5.97 Å². The van der Waals surface area contributed by atoms with Crippen molar-refractivity contribution < 1.29 is 9.90 Å². The van der Waals surface area contributed by atoms with Gasteiger partial charge in [-0.15, -0.1) is 5.10 Å². The van der Waals surface area contributed by atoms with E-state index in [1.165, 1.54) is 4.68 Å². The van der Waals surface area contributed by atoms with Crippen LogP contribution in [-0.4, -0.2) is 25.8 Å². The summed E-state index contributed by atoms with van der Waals surface area (Å²) in [4.78, 5) is 15.1. The predicted octanol–water partition coefficient (Wildman–Crippen LogP) is 2.27. The third-order valence-corrected chi connectivity index (χ3v) is 2.93. The van der Waals surface area contributed by atoms with Gasteiger partial charge in [0.25, 0.3) is 5.82 Å². The minimum atomic E-state index is -1.18. The monoisotopic (exact) mass is 270 g/mol. The van der Waals surface area contributed by atoms with Crippen molar-refractivity contribution >= 4 is 5.97 Å². The number of aromatic carboxylic acids is 1. The fraction of sp³-hybridized carbons (Fsp3) is 0.286. The van der Waals surface area contributed by atoms with E-state index in [2.05, 4.69) is 16.2 Å². The number of nitriles is 1. The van der Waals surface area contributed by atoms with E-state index in [-0.39, 0.29) is 11.7 Å². The first-order chi connectivity index (χ1) is 9.45. The molecule has 0 bridgehead atoms. The van der Waals surface area contributed by atoms with E-state index in [1.54, 1.807) is 12.1 Å². The minimum absolute atomic E-state index is 0.0114. The zero-order valence-corrected chi connectivity index (χ0v) is 11.5. The van der Waals surface area contributed by atoms with Gasteiger partial charge < -0.3 is 5.11 Å². The van der Waals surface area contributed by atoms with E-state index in [0.717, 1.165) is 5.56 Å². The van der Waals surface area contributed by atoms with Crippen molar-refractivity contribution in [3.8, 4) is 11.8 Å². The lowest BCUT2D eigenvalue weighted by Crippen LogP contribution is -2.07. The van der Waals surface area contributed by atoms with Crippen LogP contribution in [-0.2, 0) is 0 Å². The second-order valence-corrected chi connectivity index (χ2v) is 4.75. The highest BCUT2D eigenvalue weighted by Crippen LogP contribution is 2.22. The Bertz CT molecular complexity index is 710. The van der Waals surface area contributed by atoms with Gasteiger partial charge in [-0.25, -0.2) is 14.5 Å². The van der Waals surface area contributed by atoms with Crippen LogP contribution in [0.2, 0.25) is 0 Å². The molecule has 1 aromatic heterocycles. The summed E-state index contributed by atoms with van der Waals surface area (Å²) in [5, 5.41) is 22.3. The lowest BCUT2D eigenvalue weighted by Gasteiger charge is -2.10. The molecule has 0 aliphatic heterocycles. The molecule has 6 heteroatoms. The highest BCUT2D eigenvalue weighted by molar-refractivity contribution is 5.83. The number of carboxylic acid groups (broad SMARTS) is 1. The molecular formula is C14H14N4O2. The summed E-state index contributed by atoms with van der Waals surface area (Å²) in [6.07, 6.45) is 0. The summed E-state index contributed by atoms with van der Waals surface area (Å²) in [6, 6.07) is 7.49. The molecule has 1 aromatic carbocycles. The number of rotatable bonds is 3. The van der Waals surface area contributed by atoms with Gasteiger partial charge in [0.15, 0.2) is 0 Å². The van der Waals surface area contributed by atoms with Crippen LogP contribution in [0.1, 0.15) is 47.3 Å². The molecule has 0 saturated carbocycles. The molecule has 0 saturated heterocycles. The van der Waals surface area contributed by atoms with Crippen molar-refractivity contribution in [2.24, 2.45) is 0 Å². The van der Waals surface area contributed by atoms with Crippen molar-refractivity contribution in [2.75, 3.05) is 0 Å². The van der Waals surface area contributed by atoms with E-state index in [4.69, 9.17) is 5.11 Å². The van der Waals surface area contributed by atoms with Crippen molar-refractivity contribution in [1.29, 1.82) is 5.26 Å². The van der Waals surface area contributed by atoms with Crippen LogP contribution in [0.25, 0.3) is 5.69 Å². The molecule has 0 spiro atoms. The van der Waals surface area contributed by atoms with Crippen LogP contribution in [0, 0.1) is 18.3 Å². The standard InChI is InChI=1S/C14H14N4O2/c1-8(2)13-16-12(14(19)20)17-18(13)11-6-4-5-9(3)10(11)7-15/h4-6,8H,1-3H3,(H,19,20). The van der Waals surface area contributed by atoms with Gasteiger partial charge in [0.2, 0.25) is 0 Å². The van der Waals surface area contributed by atoms with E-state index >= 15 is 0 Å². The fourth-order valence-electron chi connectivity index (χ4n) is 1.94. The van der Waals surface area contributed by atoms with Gasteiger partial charge in [-0.3, -0.25) is 0 Å². The Morgan fingerprint density at radius 2 is 2.15 bits per heavy atom. The number of benzene rings is 1. The third-order valence-electron chi connectivity index (χ3n) is 2.93. The Kier molecular flexibility index (Phi) is 3.53. The first-order valence-corrected chi connectivity index (χ1v) is 6.16. The lowest BCUT2D eigenvalue weighted by atomic mass is 10.1. The number of aromatic nitrogens is 3. The van der Waals surface area contributed by atoms with Crippen LogP contribution in [0.3, 0.4) is 0 Å². The second-order valence-electron chi connectivity index (χ2n) is 4.75. The summed E-state index contributed by atoms with van der Waals surface area (Å²) in [6.45, 7) is 5.62. The Hall–Kier alpha value is -2.68. The number of nitrogens with zero attached hydrogens (tertiary/aromatic N) is 4. The number of hydrogen-bond acceptors (Lipinski definition) is 4. The van der Waals surface area contributed by atoms with Gasteiger partial charge in [0.1, 0.15) is 11.9 Å². The van der Waals surface area contributed by atoms with Crippen LogP contribution in [0.15, 0.2) is 18.2 Å². The normalized spacial score (nSPS) is 10.6. The maximum Gasteiger partial charge on any atom is 0.375 e. The van der Waals surface area contributed by atoms with Gasteiger partial charge in [-0.2, -0.15) is 5.26 Å². The van der Waals surface area contributed by atoms with Crippen LogP contribution in [0.5, 0.6) is 0 Å². The van der Waals surface area contributed by atoms with Crippen molar-refractivity contribution in [3.05, 3.63) is 41.0 Å². The summed E-state index contributed by atoms with van der Waals surface area (Å²) < 4.78 is 1.44. The second kappa shape index (κ2) is 5.13. The number of carbonyl (C=O) groups is 1. The van der Waals surface area contributed by atoms with Crippen molar-refractivity contribution in [2.45, 2.75) is 26.7 Å². The average Bonchev–Trinajstić information content (AvgIpc) is 2.83. The van der Waals surface area contributed by atoms with Crippen molar-refractivity contribution in [1.82, 2.24) is 14.8 Å². The van der Waals surface area contributed by atoms with Gasteiger partial charge >= 0.3 is 5.97 Å². The first kappa shape index (κ1) is 13.7. The molecule has 20 heavy (non-hydrogen) atoms. The molecule has 6 nitrogen and oxygen atoms in total. The molecular weight excluding hydrogens is 256 g/mol. The van der Waals surface area contributed by atoms with Crippen LogP contribution in [0.4, 0.5) is 0 Å². The van der Waals surface area contributed by atoms with Gasteiger partial charge in [-0.1, -0.05) is 26.0 Å². The fourth-order valence-corrected chi connectivity index (χ4v) is 1.94. The molecule has 1 N–H and O–H groups in total. The predicted molar refractivity (Wildman–Crippen MR) is 71.9 cm³/mol. The van der Waals surface area contributed by atoms with E-state index in [1.807, 2.05) is 26.8 Å². The maximum absolute atomic E-state index is 11.0. The minimum Gasteiger partial charge on any atom is -0.475 e. The summed E-state index contributed by atoms with van der Waals surface area (Å²) in [7, 11) is 0. The summed E-state index contributed by atoms with van der Waals surface area (Å²) in [5.41, 5.74) is 1.83. The zero-order chi connectivity index (χ0) is 14.9. The van der Waals surface area contributed by atoms with E-state index in [0.29, 0.717) is 17.1 Å². The topological polar surface area (TPSA) is 91.8 Å². The zero-order valence-electron chi connectivity index (χ0n) is 11.5. The number of hydrogen-bond donors (Lipinski definition) is 1. The Morgan fingerprint density at radius 3 is 2.70 bits per heavy atom. The molecule has 0 fully saturated rings. The quantitative estimate of drug-likeness (QED) is 0.923. The molecule has 0 aliphatic carbocycles. The molecule has 0 unspecified atom stereocenters. The Balaban J connectivity index is 2.73. The molecule has 102 valence electrons. The molecule has 1 heterocycles. The molecule has 0 aliphatic rings. The largest absolute Gasteiger partial charge is 0.475 e. The molecule has 0 radical (unpaired) electrons. The Labute approximate surface area is 116 Å². The summed E-state index contributed by atoms with van der Waals surface area (Å²) >= 11 is 0.